The quantitative estimate of drug-likeness (QED) is 0.265. The zero-order valence-corrected chi connectivity index (χ0v) is 15.7. The van der Waals surface area contributed by atoms with Crippen LogP contribution < -0.4 is 9.47 Å². The van der Waals surface area contributed by atoms with E-state index in [1.165, 1.54) is 0 Å². The van der Waals surface area contributed by atoms with E-state index in [1.54, 1.807) is 49.6 Å². The molecule has 0 aliphatic heterocycles. The number of hydrogen-bond acceptors (Lipinski definition) is 4. The van der Waals surface area contributed by atoms with Crippen molar-refractivity contribution in [2.45, 2.75) is 6.92 Å². The summed E-state index contributed by atoms with van der Waals surface area (Å²) in [5, 5.41) is 9.59. The number of hydrogen-bond donors (Lipinski definition) is 0. The summed E-state index contributed by atoms with van der Waals surface area (Å²) in [5.74, 6) is 0.611. The van der Waals surface area contributed by atoms with Gasteiger partial charge in [0.2, 0.25) is 0 Å². The summed E-state index contributed by atoms with van der Waals surface area (Å²) in [7, 11) is 1.57. The molecular formula is C24H19NO3. The zero-order valence-electron chi connectivity index (χ0n) is 15.7. The molecule has 138 valence electrons. The first-order chi connectivity index (χ1) is 13.6. The highest BCUT2D eigenvalue weighted by molar-refractivity contribution is 5.93. The number of rotatable bonds is 5. The number of methoxy groups -OCH3 is 1. The number of benzene rings is 3. The summed E-state index contributed by atoms with van der Waals surface area (Å²) >= 11 is 0. The number of esters is 1. The number of carbonyl (C=O) groups is 1. The van der Waals surface area contributed by atoms with Crippen LogP contribution in [0.3, 0.4) is 0 Å². The molecule has 4 nitrogen and oxygen atoms in total. The van der Waals surface area contributed by atoms with E-state index in [2.05, 4.69) is 6.07 Å². The van der Waals surface area contributed by atoms with Crippen molar-refractivity contribution < 1.29 is 14.3 Å². The molecule has 0 amide bonds. The lowest BCUT2D eigenvalue weighted by atomic mass is 10.0. The summed E-state index contributed by atoms with van der Waals surface area (Å²) in [6.07, 6.45) is 1.74. The van der Waals surface area contributed by atoms with E-state index >= 15 is 0 Å². The molecule has 0 atom stereocenters. The molecule has 0 aromatic heterocycles. The highest BCUT2D eigenvalue weighted by atomic mass is 16.5. The first-order valence-corrected chi connectivity index (χ1v) is 8.75. The molecule has 0 saturated heterocycles. The fourth-order valence-electron chi connectivity index (χ4n) is 2.73. The van der Waals surface area contributed by atoms with E-state index in [4.69, 9.17) is 9.47 Å². The Morgan fingerprint density at radius 2 is 1.75 bits per heavy atom. The van der Waals surface area contributed by atoms with Crippen LogP contribution in [-0.4, -0.2) is 13.1 Å². The fourth-order valence-corrected chi connectivity index (χ4v) is 2.73. The van der Waals surface area contributed by atoms with E-state index in [-0.39, 0.29) is 0 Å². The third kappa shape index (κ3) is 4.46. The Morgan fingerprint density at radius 1 is 1.00 bits per heavy atom. The SMILES string of the molecule is COc1ccccc1/C(C#N)=C\c1cccc(OC(=O)c2ccc(C)cc2)c1. The predicted octanol–water partition coefficient (Wildman–Crippen LogP) is 5.29. The molecule has 0 spiro atoms. The average molecular weight is 369 g/mol. The monoisotopic (exact) mass is 369 g/mol. The van der Waals surface area contributed by atoms with Gasteiger partial charge in [0, 0.05) is 5.56 Å². The number of aryl methyl sites for hydroxylation is 1. The lowest BCUT2D eigenvalue weighted by molar-refractivity contribution is 0.0735. The molecule has 3 aromatic carbocycles. The number of nitriles is 1. The summed E-state index contributed by atoms with van der Waals surface area (Å²) in [4.78, 5) is 12.3. The molecule has 0 bridgehead atoms. The topological polar surface area (TPSA) is 59.3 Å². The van der Waals surface area contributed by atoms with E-state index in [0.29, 0.717) is 28.2 Å². The molecule has 4 heteroatoms. The van der Waals surface area contributed by atoms with Gasteiger partial charge in [-0.15, -0.1) is 0 Å². The first kappa shape index (κ1) is 18.9. The normalized spacial score (nSPS) is 10.8. The van der Waals surface area contributed by atoms with Gasteiger partial charge in [-0.25, -0.2) is 4.79 Å². The Morgan fingerprint density at radius 3 is 2.46 bits per heavy atom. The van der Waals surface area contributed by atoms with Crippen LogP contribution in [0.5, 0.6) is 11.5 Å². The summed E-state index contributed by atoms with van der Waals surface area (Å²) in [5.41, 5.74) is 3.47. The number of allylic oxidation sites excluding steroid dienone is 1. The standard InChI is InChI=1S/C24H19NO3/c1-17-10-12-19(13-11-17)24(26)28-21-7-5-6-18(15-21)14-20(16-25)22-8-3-4-9-23(22)27-2/h3-15H,1-2H3/b20-14-. The molecular weight excluding hydrogens is 350 g/mol. The maximum absolute atomic E-state index is 12.3. The first-order valence-electron chi connectivity index (χ1n) is 8.75. The molecule has 0 aliphatic rings. The second kappa shape index (κ2) is 8.70. The Balaban J connectivity index is 1.86. The zero-order chi connectivity index (χ0) is 19.9. The smallest absolute Gasteiger partial charge is 0.343 e. The highest BCUT2D eigenvalue weighted by Gasteiger charge is 2.10. The van der Waals surface area contributed by atoms with Gasteiger partial charge in [0.15, 0.2) is 0 Å². The molecule has 0 heterocycles. The third-order valence-electron chi connectivity index (χ3n) is 4.18. The Bertz CT molecular complexity index is 1060. The molecule has 0 fully saturated rings. The summed E-state index contributed by atoms with van der Waals surface area (Å²) in [6.45, 7) is 1.96. The van der Waals surface area contributed by atoms with Crippen LogP contribution in [0.4, 0.5) is 0 Å². The Kier molecular flexibility index (Phi) is 5.88. The fraction of sp³-hybridized carbons (Fsp3) is 0.0833. The van der Waals surface area contributed by atoms with Crippen LogP contribution in [0.25, 0.3) is 11.6 Å². The van der Waals surface area contributed by atoms with Gasteiger partial charge in [-0.1, -0.05) is 42.0 Å². The highest BCUT2D eigenvalue weighted by Crippen LogP contribution is 2.27. The maximum Gasteiger partial charge on any atom is 0.343 e. The van der Waals surface area contributed by atoms with Gasteiger partial charge in [-0.2, -0.15) is 5.26 Å². The molecule has 0 N–H and O–H groups in total. The molecule has 3 aromatic rings. The van der Waals surface area contributed by atoms with Crippen LogP contribution >= 0.6 is 0 Å². The van der Waals surface area contributed by atoms with Crippen molar-refractivity contribution in [1.29, 1.82) is 5.26 Å². The van der Waals surface area contributed by atoms with Crippen LogP contribution in [-0.2, 0) is 0 Å². The van der Waals surface area contributed by atoms with Crippen molar-refractivity contribution >= 4 is 17.6 Å². The van der Waals surface area contributed by atoms with Gasteiger partial charge in [0.1, 0.15) is 11.5 Å². The molecule has 3 rings (SSSR count). The Hall–Kier alpha value is -3.84. The second-order valence-corrected chi connectivity index (χ2v) is 6.20. The minimum absolute atomic E-state index is 0.414. The largest absolute Gasteiger partial charge is 0.496 e. The average Bonchev–Trinajstić information content (AvgIpc) is 2.72. The lowest BCUT2D eigenvalue weighted by Gasteiger charge is -2.08. The van der Waals surface area contributed by atoms with Crippen LogP contribution in [0.15, 0.2) is 72.8 Å². The van der Waals surface area contributed by atoms with Crippen molar-refractivity contribution in [1.82, 2.24) is 0 Å². The van der Waals surface area contributed by atoms with Crippen molar-refractivity contribution in [3.8, 4) is 17.6 Å². The van der Waals surface area contributed by atoms with Gasteiger partial charge in [-0.05, 0) is 55.0 Å². The predicted molar refractivity (Wildman–Crippen MR) is 109 cm³/mol. The van der Waals surface area contributed by atoms with Gasteiger partial charge in [-0.3, -0.25) is 0 Å². The van der Waals surface area contributed by atoms with Gasteiger partial charge in [0.25, 0.3) is 0 Å². The molecule has 0 radical (unpaired) electrons. The third-order valence-corrected chi connectivity index (χ3v) is 4.18. The number of ether oxygens (including phenoxy) is 2. The number of nitrogens with zero attached hydrogens (tertiary/aromatic N) is 1. The van der Waals surface area contributed by atoms with Crippen LogP contribution in [0, 0.1) is 18.3 Å². The van der Waals surface area contributed by atoms with E-state index < -0.39 is 5.97 Å². The van der Waals surface area contributed by atoms with Crippen molar-refractivity contribution in [3.63, 3.8) is 0 Å². The number of carbonyl (C=O) groups excluding carboxylic acids is 1. The van der Waals surface area contributed by atoms with Crippen molar-refractivity contribution in [2.75, 3.05) is 7.11 Å². The Labute approximate surface area is 164 Å². The van der Waals surface area contributed by atoms with Crippen LogP contribution in [0.1, 0.15) is 27.0 Å². The second-order valence-electron chi connectivity index (χ2n) is 6.20. The maximum atomic E-state index is 12.3. The molecule has 0 unspecified atom stereocenters. The van der Waals surface area contributed by atoms with Gasteiger partial charge >= 0.3 is 5.97 Å². The molecule has 28 heavy (non-hydrogen) atoms. The molecule has 0 aliphatic carbocycles. The van der Waals surface area contributed by atoms with E-state index in [1.807, 2.05) is 43.3 Å². The van der Waals surface area contributed by atoms with Gasteiger partial charge in [0.05, 0.1) is 24.3 Å². The summed E-state index contributed by atoms with van der Waals surface area (Å²) in [6, 6.07) is 23.8. The summed E-state index contributed by atoms with van der Waals surface area (Å²) < 4.78 is 10.8. The minimum atomic E-state index is -0.425. The van der Waals surface area contributed by atoms with Crippen molar-refractivity contribution in [2.24, 2.45) is 0 Å². The van der Waals surface area contributed by atoms with E-state index in [9.17, 15) is 10.1 Å². The van der Waals surface area contributed by atoms with Gasteiger partial charge < -0.3 is 9.47 Å². The van der Waals surface area contributed by atoms with Crippen LogP contribution in [0.2, 0.25) is 0 Å². The number of para-hydroxylation sites is 1. The lowest BCUT2D eigenvalue weighted by Crippen LogP contribution is -2.08. The molecule has 0 saturated carbocycles. The van der Waals surface area contributed by atoms with E-state index in [0.717, 1.165) is 11.1 Å². The van der Waals surface area contributed by atoms with Crippen molar-refractivity contribution in [3.05, 3.63) is 95.1 Å². The minimum Gasteiger partial charge on any atom is -0.496 e.